The largest absolute Gasteiger partial charge is 0.422 e. The van der Waals surface area contributed by atoms with Crippen molar-refractivity contribution in [1.82, 2.24) is 0 Å². The first kappa shape index (κ1) is 10.8. The molecule has 0 aromatic heterocycles. The number of hydrogen-bond donors (Lipinski definition) is 0. The van der Waals surface area contributed by atoms with Crippen molar-refractivity contribution in [2.45, 2.75) is 18.6 Å². The quantitative estimate of drug-likeness (QED) is 0.648. The monoisotopic (exact) mass is 231 g/mol. The van der Waals surface area contributed by atoms with Crippen molar-refractivity contribution in [3.63, 3.8) is 0 Å². The lowest BCUT2D eigenvalue weighted by atomic mass is 10.1. The molecule has 0 saturated heterocycles. The summed E-state index contributed by atoms with van der Waals surface area (Å²) in [6, 6.07) is 0. The van der Waals surface area contributed by atoms with Gasteiger partial charge in [-0.15, -0.1) is 11.8 Å². The Labute approximate surface area is 81.5 Å². The molecule has 0 aromatic rings. The normalized spacial score (nSPS) is 28.8. The minimum absolute atomic E-state index is 0.228. The summed E-state index contributed by atoms with van der Waals surface area (Å²) in [5.41, 5.74) is -2.72. The summed E-state index contributed by atoms with van der Waals surface area (Å²) in [6.45, 7) is 1.41. The SMILES string of the molecule is CC1=NC(C(=O)Cl)(C(F)(F)F)CS1. The van der Waals surface area contributed by atoms with Crippen LogP contribution in [0.5, 0.6) is 0 Å². The van der Waals surface area contributed by atoms with E-state index in [1.807, 2.05) is 0 Å². The summed E-state index contributed by atoms with van der Waals surface area (Å²) in [5.74, 6) is -0.454. The lowest BCUT2D eigenvalue weighted by Gasteiger charge is -2.23. The molecule has 0 saturated carbocycles. The van der Waals surface area contributed by atoms with Crippen molar-refractivity contribution in [1.29, 1.82) is 0 Å². The van der Waals surface area contributed by atoms with Crippen LogP contribution in [-0.4, -0.2) is 27.8 Å². The highest BCUT2D eigenvalue weighted by Gasteiger charge is 2.62. The second-order valence-electron chi connectivity index (χ2n) is 2.55. The van der Waals surface area contributed by atoms with Gasteiger partial charge in [-0.1, -0.05) is 0 Å². The van der Waals surface area contributed by atoms with E-state index in [0.717, 1.165) is 11.8 Å². The maximum absolute atomic E-state index is 12.4. The Morgan fingerprint density at radius 1 is 1.69 bits per heavy atom. The van der Waals surface area contributed by atoms with E-state index in [1.54, 1.807) is 0 Å². The zero-order chi connectivity index (χ0) is 10.3. The third-order valence-corrected chi connectivity index (χ3v) is 3.02. The van der Waals surface area contributed by atoms with Gasteiger partial charge in [-0.05, 0) is 18.5 Å². The number of nitrogens with zero attached hydrogens (tertiary/aromatic N) is 1. The third-order valence-electron chi connectivity index (χ3n) is 1.63. The predicted octanol–water partition coefficient (Wildman–Crippen LogP) is 2.22. The van der Waals surface area contributed by atoms with E-state index in [1.165, 1.54) is 6.92 Å². The van der Waals surface area contributed by atoms with E-state index in [4.69, 9.17) is 11.6 Å². The second kappa shape index (κ2) is 3.16. The Bertz CT molecular complexity index is 278. The number of rotatable bonds is 1. The van der Waals surface area contributed by atoms with Gasteiger partial charge in [0.25, 0.3) is 5.24 Å². The van der Waals surface area contributed by atoms with Gasteiger partial charge < -0.3 is 0 Å². The highest BCUT2D eigenvalue weighted by Crippen LogP contribution is 2.42. The fourth-order valence-electron chi connectivity index (χ4n) is 0.900. The van der Waals surface area contributed by atoms with Crippen LogP contribution in [0.3, 0.4) is 0 Å². The van der Waals surface area contributed by atoms with Crippen LogP contribution in [0.1, 0.15) is 6.92 Å². The molecule has 0 aromatic carbocycles. The fourth-order valence-corrected chi connectivity index (χ4v) is 2.19. The molecule has 1 rings (SSSR count). The van der Waals surface area contributed by atoms with E-state index in [-0.39, 0.29) is 5.04 Å². The number of carbonyl (C=O) groups excluding carboxylic acids is 1. The Kier molecular flexibility index (Phi) is 2.64. The van der Waals surface area contributed by atoms with Crippen LogP contribution in [0.4, 0.5) is 13.2 Å². The van der Waals surface area contributed by atoms with E-state index >= 15 is 0 Å². The molecule has 74 valence electrons. The molecule has 1 unspecified atom stereocenters. The van der Waals surface area contributed by atoms with Crippen LogP contribution in [-0.2, 0) is 4.79 Å². The molecule has 0 bridgehead atoms. The first-order valence-electron chi connectivity index (χ1n) is 3.25. The first-order chi connectivity index (χ1) is 5.79. The van der Waals surface area contributed by atoms with Crippen LogP contribution in [0.15, 0.2) is 4.99 Å². The molecule has 1 aliphatic rings. The molecule has 1 heterocycles. The Morgan fingerprint density at radius 3 is 2.38 bits per heavy atom. The summed E-state index contributed by atoms with van der Waals surface area (Å²) in [6.07, 6.45) is -4.71. The molecule has 13 heavy (non-hydrogen) atoms. The molecule has 0 aliphatic carbocycles. The Morgan fingerprint density at radius 2 is 2.23 bits per heavy atom. The number of carbonyl (C=O) groups is 1. The summed E-state index contributed by atoms with van der Waals surface area (Å²) < 4.78 is 37.2. The number of hydrogen-bond acceptors (Lipinski definition) is 3. The van der Waals surface area contributed by atoms with Gasteiger partial charge in [0, 0.05) is 5.75 Å². The van der Waals surface area contributed by atoms with Crippen LogP contribution in [0.2, 0.25) is 0 Å². The molecular weight excluding hydrogens is 227 g/mol. The number of thioether (sulfide) groups is 1. The summed E-state index contributed by atoms with van der Waals surface area (Å²) in [4.78, 5) is 13.9. The lowest BCUT2D eigenvalue weighted by Crippen LogP contribution is -2.49. The molecule has 0 fully saturated rings. The standard InChI is InChI=1S/C6H5ClF3NOS/c1-3-11-5(2-13-3,4(7)12)6(8,9)10/h2H2,1H3. The highest BCUT2D eigenvalue weighted by molar-refractivity contribution is 8.14. The van der Waals surface area contributed by atoms with Gasteiger partial charge in [0.2, 0.25) is 5.54 Å². The van der Waals surface area contributed by atoms with E-state index < -0.39 is 22.7 Å². The van der Waals surface area contributed by atoms with Crippen LogP contribution < -0.4 is 0 Å². The molecule has 1 aliphatic heterocycles. The average molecular weight is 232 g/mol. The van der Waals surface area contributed by atoms with Gasteiger partial charge in [0.1, 0.15) is 0 Å². The Balaban J connectivity index is 3.12. The van der Waals surface area contributed by atoms with Gasteiger partial charge in [0.05, 0.1) is 5.04 Å². The van der Waals surface area contributed by atoms with Crippen molar-refractivity contribution in [3.05, 3.63) is 0 Å². The van der Waals surface area contributed by atoms with Crippen molar-refractivity contribution in [3.8, 4) is 0 Å². The molecular formula is C6H5ClF3NOS. The van der Waals surface area contributed by atoms with Gasteiger partial charge in [0.15, 0.2) is 0 Å². The zero-order valence-corrected chi connectivity index (χ0v) is 8.06. The highest BCUT2D eigenvalue weighted by atomic mass is 35.5. The molecule has 2 nitrogen and oxygen atoms in total. The van der Waals surface area contributed by atoms with Gasteiger partial charge in [-0.3, -0.25) is 9.79 Å². The maximum Gasteiger partial charge on any atom is 0.422 e. The van der Waals surface area contributed by atoms with Gasteiger partial charge in [-0.25, -0.2) is 0 Å². The third kappa shape index (κ3) is 1.69. The minimum atomic E-state index is -4.71. The lowest BCUT2D eigenvalue weighted by molar-refractivity contribution is -0.178. The van der Waals surface area contributed by atoms with Crippen molar-refractivity contribution < 1.29 is 18.0 Å². The van der Waals surface area contributed by atoms with Crippen molar-refractivity contribution >= 4 is 33.6 Å². The zero-order valence-electron chi connectivity index (χ0n) is 6.48. The van der Waals surface area contributed by atoms with Crippen LogP contribution in [0, 0.1) is 0 Å². The van der Waals surface area contributed by atoms with E-state index in [9.17, 15) is 18.0 Å². The topological polar surface area (TPSA) is 29.4 Å². The number of aliphatic imine (C=N–C) groups is 1. The second-order valence-corrected chi connectivity index (χ2v) is 4.06. The molecule has 0 spiro atoms. The number of halogens is 4. The molecule has 0 radical (unpaired) electrons. The van der Waals surface area contributed by atoms with E-state index in [0.29, 0.717) is 0 Å². The Hall–Kier alpha value is -0.230. The summed E-state index contributed by atoms with van der Waals surface area (Å²) in [5, 5.41) is -1.24. The van der Waals surface area contributed by atoms with Crippen molar-refractivity contribution in [2.24, 2.45) is 4.99 Å². The molecule has 0 N–H and O–H groups in total. The van der Waals surface area contributed by atoms with Crippen LogP contribution in [0.25, 0.3) is 0 Å². The molecule has 7 heteroatoms. The number of alkyl halides is 3. The van der Waals surface area contributed by atoms with Gasteiger partial charge >= 0.3 is 6.18 Å². The molecule has 1 atom stereocenters. The van der Waals surface area contributed by atoms with Crippen LogP contribution >= 0.6 is 23.4 Å². The average Bonchev–Trinajstić information content (AvgIpc) is 2.30. The fraction of sp³-hybridized carbons (Fsp3) is 0.667. The smallest absolute Gasteiger partial charge is 0.278 e. The van der Waals surface area contributed by atoms with Crippen molar-refractivity contribution in [2.75, 3.05) is 5.75 Å². The van der Waals surface area contributed by atoms with Gasteiger partial charge in [-0.2, -0.15) is 13.2 Å². The maximum atomic E-state index is 12.4. The first-order valence-corrected chi connectivity index (χ1v) is 4.62. The van der Waals surface area contributed by atoms with E-state index in [2.05, 4.69) is 4.99 Å². The summed E-state index contributed by atoms with van der Waals surface area (Å²) >= 11 is 5.80. The predicted molar refractivity (Wildman–Crippen MR) is 45.2 cm³/mol. The molecule has 0 amide bonds. The minimum Gasteiger partial charge on any atom is -0.278 e. The summed E-state index contributed by atoms with van der Waals surface area (Å²) in [7, 11) is 0.